The van der Waals surface area contributed by atoms with Crippen molar-refractivity contribution in [3.05, 3.63) is 29.8 Å². The predicted octanol–water partition coefficient (Wildman–Crippen LogP) is 2.13. The Kier molecular flexibility index (Phi) is 6.23. The predicted molar refractivity (Wildman–Crippen MR) is 89.9 cm³/mol. The Hall–Kier alpha value is -2.50. The first kappa shape index (κ1) is 17.8. The average molecular weight is 333 g/mol. The Morgan fingerprint density at radius 1 is 1.04 bits per heavy atom. The molecule has 1 aromatic rings. The van der Waals surface area contributed by atoms with E-state index in [4.69, 9.17) is 14.2 Å². The summed E-state index contributed by atoms with van der Waals surface area (Å²) in [5.74, 6) is 0.965. The molecular formula is C18H23NO5. The summed E-state index contributed by atoms with van der Waals surface area (Å²) in [6.45, 7) is 1.12. The zero-order valence-electron chi connectivity index (χ0n) is 14.3. The third-order valence-electron chi connectivity index (χ3n) is 4.13. The summed E-state index contributed by atoms with van der Waals surface area (Å²) in [6.07, 6.45) is 4.55. The lowest BCUT2D eigenvalue weighted by Gasteiger charge is -2.29. The van der Waals surface area contributed by atoms with Crippen LogP contribution in [0.4, 0.5) is 0 Å². The quantitative estimate of drug-likeness (QED) is 0.610. The molecule has 6 nitrogen and oxygen atoms in total. The lowest BCUT2D eigenvalue weighted by molar-refractivity contribution is -0.148. The van der Waals surface area contributed by atoms with Crippen molar-refractivity contribution in [3.8, 4) is 11.5 Å². The molecule has 1 aliphatic rings. The Morgan fingerprint density at radius 3 is 2.12 bits per heavy atom. The summed E-state index contributed by atoms with van der Waals surface area (Å²) in [5, 5.41) is 0. The van der Waals surface area contributed by atoms with Gasteiger partial charge in [0, 0.05) is 25.2 Å². The van der Waals surface area contributed by atoms with Gasteiger partial charge in [-0.2, -0.15) is 0 Å². The summed E-state index contributed by atoms with van der Waals surface area (Å²) >= 11 is 0. The molecule has 6 heteroatoms. The van der Waals surface area contributed by atoms with Crippen LogP contribution in [0.25, 0.3) is 6.08 Å². The van der Waals surface area contributed by atoms with Crippen LogP contribution in [0.1, 0.15) is 18.4 Å². The number of hydrogen-bond acceptors (Lipinski definition) is 5. The van der Waals surface area contributed by atoms with E-state index in [9.17, 15) is 9.59 Å². The molecule has 0 bridgehead atoms. The van der Waals surface area contributed by atoms with Gasteiger partial charge < -0.3 is 19.1 Å². The Labute approximate surface area is 142 Å². The zero-order valence-corrected chi connectivity index (χ0v) is 14.3. The molecule has 1 fully saturated rings. The highest BCUT2D eigenvalue weighted by molar-refractivity contribution is 5.92. The molecule has 0 radical (unpaired) electrons. The van der Waals surface area contributed by atoms with E-state index in [1.807, 2.05) is 12.1 Å². The molecule has 0 aliphatic carbocycles. The number of carbonyl (C=O) groups excluding carboxylic acids is 2. The highest BCUT2D eigenvalue weighted by Crippen LogP contribution is 2.23. The third-order valence-corrected chi connectivity index (χ3v) is 4.13. The van der Waals surface area contributed by atoms with Crippen molar-refractivity contribution in [3.63, 3.8) is 0 Å². The fourth-order valence-electron chi connectivity index (χ4n) is 2.70. The summed E-state index contributed by atoms with van der Waals surface area (Å²) < 4.78 is 15.2. The van der Waals surface area contributed by atoms with Crippen LogP contribution in [0.3, 0.4) is 0 Å². The number of piperidine rings is 1. The van der Waals surface area contributed by atoms with Gasteiger partial charge in [0.05, 0.1) is 27.2 Å². The maximum atomic E-state index is 12.3. The molecule has 1 aromatic carbocycles. The summed E-state index contributed by atoms with van der Waals surface area (Å²) in [6, 6.07) is 5.43. The van der Waals surface area contributed by atoms with Crippen molar-refractivity contribution in [1.29, 1.82) is 0 Å². The Morgan fingerprint density at radius 2 is 1.62 bits per heavy atom. The Bertz CT molecular complexity index is 596. The fourth-order valence-corrected chi connectivity index (χ4v) is 2.70. The molecule has 0 aromatic heterocycles. The van der Waals surface area contributed by atoms with Crippen molar-refractivity contribution >= 4 is 18.0 Å². The smallest absolute Gasteiger partial charge is 0.308 e. The van der Waals surface area contributed by atoms with E-state index in [2.05, 4.69) is 0 Å². The molecule has 0 atom stereocenters. The van der Waals surface area contributed by atoms with Crippen LogP contribution in [0, 0.1) is 5.92 Å². The van der Waals surface area contributed by atoms with Crippen molar-refractivity contribution in [2.45, 2.75) is 12.8 Å². The van der Waals surface area contributed by atoms with Gasteiger partial charge in [-0.3, -0.25) is 9.59 Å². The summed E-state index contributed by atoms with van der Waals surface area (Å²) in [4.78, 5) is 25.5. The lowest BCUT2D eigenvalue weighted by atomic mass is 9.97. The van der Waals surface area contributed by atoms with Crippen molar-refractivity contribution < 1.29 is 23.8 Å². The lowest BCUT2D eigenvalue weighted by Crippen LogP contribution is -2.39. The van der Waals surface area contributed by atoms with E-state index in [0.717, 1.165) is 5.56 Å². The maximum Gasteiger partial charge on any atom is 0.308 e. The van der Waals surface area contributed by atoms with Crippen LogP contribution < -0.4 is 9.47 Å². The first-order valence-electron chi connectivity index (χ1n) is 7.85. The number of esters is 1. The van der Waals surface area contributed by atoms with E-state index in [-0.39, 0.29) is 17.8 Å². The van der Waals surface area contributed by atoms with Crippen molar-refractivity contribution in [2.24, 2.45) is 5.92 Å². The maximum absolute atomic E-state index is 12.3. The first-order valence-corrected chi connectivity index (χ1v) is 7.85. The van der Waals surface area contributed by atoms with Crippen molar-refractivity contribution in [2.75, 3.05) is 34.4 Å². The minimum atomic E-state index is -0.193. The van der Waals surface area contributed by atoms with Crippen molar-refractivity contribution in [1.82, 2.24) is 4.90 Å². The molecule has 1 saturated heterocycles. The largest absolute Gasteiger partial charge is 0.497 e. The number of rotatable bonds is 5. The second kappa shape index (κ2) is 8.38. The Balaban J connectivity index is 1.97. The van der Waals surface area contributed by atoms with Crippen LogP contribution in [0.15, 0.2) is 24.3 Å². The van der Waals surface area contributed by atoms with Crippen LogP contribution in [0.2, 0.25) is 0 Å². The number of methoxy groups -OCH3 is 3. The first-order chi connectivity index (χ1) is 11.6. The number of likely N-dealkylation sites (tertiary alicyclic amines) is 1. The van der Waals surface area contributed by atoms with E-state index in [1.165, 1.54) is 13.2 Å². The van der Waals surface area contributed by atoms with E-state index >= 15 is 0 Å². The van der Waals surface area contributed by atoms with Gasteiger partial charge in [-0.25, -0.2) is 0 Å². The number of nitrogens with zero attached hydrogens (tertiary/aromatic N) is 1. The molecule has 24 heavy (non-hydrogen) atoms. The normalized spacial score (nSPS) is 15.4. The second-order valence-electron chi connectivity index (χ2n) is 5.60. The van der Waals surface area contributed by atoms with Gasteiger partial charge in [-0.1, -0.05) is 0 Å². The van der Waals surface area contributed by atoms with Crippen LogP contribution >= 0.6 is 0 Å². The number of amides is 1. The van der Waals surface area contributed by atoms with Gasteiger partial charge in [0.15, 0.2) is 0 Å². The molecule has 0 N–H and O–H groups in total. The highest BCUT2D eigenvalue weighted by atomic mass is 16.5. The number of ether oxygens (including phenoxy) is 3. The van der Waals surface area contributed by atoms with Crippen LogP contribution in [-0.4, -0.2) is 51.2 Å². The molecule has 130 valence electrons. The van der Waals surface area contributed by atoms with Gasteiger partial charge in [0.1, 0.15) is 11.5 Å². The van der Waals surface area contributed by atoms with Gasteiger partial charge in [-0.15, -0.1) is 0 Å². The average Bonchev–Trinajstić information content (AvgIpc) is 2.65. The molecule has 1 heterocycles. The molecule has 0 saturated carbocycles. The van der Waals surface area contributed by atoms with E-state index < -0.39 is 0 Å². The fraction of sp³-hybridized carbons (Fsp3) is 0.444. The van der Waals surface area contributed by atoms with E-state index in [1.54, 1.807) is 31.3 Å². The number of benzene rings is 1. The third kappa shape index (κ3) is 4.50. The molecule has 1 amide bonds. The van der Waals surface area contributed by atoms with Gasteiger partial charge >= 0.3 is 5.97 Å². The van der Waals surface area contributed by atoms with E-state index in [0.29, 0.717) is 37.4 Å². The standard InChI is InChI=1S/C18H23NO5/c1-22-15-10-13(11-16(12-15)23-2)4-5-17(20)19-8-6-14(7-9-19)18(21)24-3/h4-5,10-12,14H,6-9H2,1-3H3. The molecule has 1 aliphatic heterocycles. The van der Waals surface area contributed by atoms with Crippen LogP contribution in [0.5, 0.6) is 11.5 Å². The summed E-state index contributed by atoms with van der Waals surface area (Å²) in [5.41, 5.74) is 0.823. The molecule has 2 rings (SSSR count). The minimum Gasteiger partial charge on any atom is -0.497 e. The monoisotopic (exact) mass is 333 g/mol. The summed E-state index contributed by atoms with van der Waals surface area (Å²) in [7, 11) is 4.56. The number of hydrogen-bond donors (Lipinski definition) is 0. The molecular weight excluding hydrogens is 310 g/mol. The molecule has 0 unspecified atom stereocenters. The van der Waals surface area contributed by atoms with Crippen LogP contribution in [-0.2, 0) is 14.3 Å². The number of carbonyl (C=O) groups is 2. The van der Waals surface area contributed by atoms with Gasteiger partial charge in [-0.05, 0) is 36.6 Å². The second-order valence-corrected chi connectivity index (χ2v) is 5.60. The zero-order chi connectivity index (χ0) is 17.5. The molecule has 0 spiro atoms. The van der Waals surface area contributed by atoms with Gasteiger partial charge in [0.2, 0.25) is 5.91 Å². The minimum absolute atomic E-state index is 0.0693. The topological polar surface area (TPSA) is 65.1 Å². The van der Waals surface area contributed by atoms with Gasteiger partial charge in [0.25, 0.3) is 0 Å². The SMILES string of the molecule is COC(=O)C1CCN(C(=O)C=Cc2cc(OC)cc(OC)c2)CC1. The highest BCUT2D eigenvalue weighted by Gasteiger charge is 2.26.